The Morgan fingerprint density at radius 1 is 1.31 bits per heavy atom. The molecule has 2 rings (SSSR count). The number of aromatic nitrogens is 1. The number of rotatable bonds is 1. The maximum absolute atomic E-state index is 10.6. The van der Waals surface area contributed by atoms with Gasteiger partial charge in [0.2, 0.25) is 0 Å². The van der Waals surface area contributed by atoms with Crippen molar-refractivity contribution in [2.45, 2.75) is 0 Å². The number of nitrogens with zero attached hydrogens (tertiary/aromatic N) is 1. The molecule has 0 aliphatic carbocycles. The molecular weight excluding hydrogens is 166 g/mol. The van der Waals surface area contributed by atoms with Gasteiger partial charge in [-0.05, 0) is 6.07 Å². The summed E-state index contributed by atoms with van der Waals surface area (Å²) >= 11 is 0. The lowest BCUT2D eigenvalue weighted by atomic mass is 10.2. The lowest BCUT2D eigenvalue weighted by Gasteiger charge is -1.92. The molecule has 3 nitrogen and oxygen atoms in total. The molecule has 0 atom stereocenters. The first-order chi connectivity index (χ1) is 5.83. The van der Waals surface area contributed by atoms with Gasteiger partial charge in [0.15, 0.2) is 6.29 Å². The normalized spacial score (nSPS) is 9.62. The number of fused-ring (bicyclic) bond motifs is 1. The second-order valence-corrected chi connectivity index (χ2v) is 2.83. The average molecular weight is 177 g/mol. The predicted molar refractivity (Wildman–Crippen MR) is 51.9 cm³/mol. The second kappa shape index (κ2) is 3.41. The van der Waals surface area contributed by atoms with E-state index < -0.39 is 0 Å². The van der Waals surface area contributed by atoms with Crippen molar-refractivity contribution in [3.63, 3.8) is 0 Å². The molecule has 0 fully saturated rings. The summed E-state index contributed by atoms with van der Waals surface area (Å²) in [4.78, 5) is 10.6. The standard InChI is InChI=1S/C10H9NO.H2O/c1-11-6-8(7-12)9-4-2-3-5-10(9)11;/h2-7H,1H3;1H2. The van der Waals surface area contributed by atoms with Gasteiger partial charge in [0.1, 0.15) is 0 Å². The fourth-order valence-corrected chi connectivity index (χ4v) is 1.47. The highest BCUT2D eigenvalue weighted by molar-refractivity contribution is 5.97. The number of aryl methyl sites for hydroxylation is 1. The molecule has 13 heavy (non-hydrogen) atoms. The maximum Gasteiger partial charge on any atom is 0.152 e. The maximum atomic E-state index is 10.6. The van der Waals surface area contributed by atoms with E-state index >= 15 is 0 Å². The van der Waals surface area contributed by atoms with Gasteiger partial charge in [-0.1, -0.05) is 18.2 Å². The quantitative estimate of drug-likeness (QED) is 0.603. The summed E-state index contributed by atoms with van der Waals surface area (Å²) in [7, 11) is 1.94. The van der Waals surface area contributed by atoms with Crippen molar-refractivity contribution in [1.29, 1.82) is 0 Å². The van der Waals surface area contributed by atoms with Crippen LogP contribution >= 0.6 is 0 Å². The van der Waals surface area contributed by atoms with Crippen LogP contribution in [0.5, 0.6) is 0 Å². The summed E-state index contributed by atoms with van der Waals surface area (Å²) in [6.07, 6.45) is 2.74. The largest absolute Gasteiger partial charge is 0.412 e. The van der Waals surface area contributed by atoms with E-state index in [-0.39, 0.29) is 5.48 Å². The zero-order chi connectivity index (χ0) is 8.55. The average Bonchev–Trinajstić information content (AvgIpc) is 2.44. The minimum Gasteiger partial charge on any atom is -0.412 e. The van der Waals surface area contributed by atoms with E-state index in [2.05, 4.69) is 0 Å². The third-order valence-corrected chi connectivity index (χ3v) is 2.05. The molecule has 0 unspecified atom stereocenters. The molecule has 2 aromatic rings. The van der Waals surface area contributed by atoms with E-state index in [0.717, 1.165) is 22.8 Å². The van der Waals surface area contributed by atoms with Crippen molar-refractivity contribution < 1.29 is 10.3 Å². The van der Waals surface area contributed by atoms with Gasteiger partial charge in [-0.3, -0.25) is 4.79 Å². The van der Waals surface area contributed by atoms with Gasteiger partial charge >= 0.3 is 0 Å². The van der Waals surface area contributed by atoms with Crippen LogP contribution in [0.2, 0.25) is 0 Å². The van der Waals surface area contributed by atoms with Crippen LogP contribution in [0.15, 0.2) is 30.5 Å². The van der Waals surface area contributed by atoms with Crippen molar-refractivity contribution in [3.8, 4) is 0 Å². The Labute approximate surface area is 75.9 Å². The van der Waals surface area contributed by atoms with Gasteiger partial charge in [0, 0.05) is 29.7 Å². The van der Waals surface area contributed by atoms with Crippen molar-refractivity contribution in [3.05, 3.63) is 36.0 Å². The summed E-state index contributed by atoms with van der Waals surface area (Å²) in [5.41, 5.74) is 1.85. The number of aldehydes is 1. The highest BCUT2D eigenvalue weighted by Gasteiger charge is 2.02. The van der Waals surface area contributed by atoms with E-state index in [9.17, 15) is 4.79 Å². The van der Waals surface area contributed by atoms with E-state index in [1.54, 1.807) is 0 Å². The fraction of sp³-hybridized carbons (Fsp3) is 0.100. The zero-order valence-electron chi connectivity index (χ0n) is 7.32. The van der Waals surface area contributed by atoms with Gasteiger partial charge in [0.25, 0.3) is 0 Å². The number of benzene rings is 1. The molecule has 1 aromatic heterocycles. The number of hydrogen-bond donors (Lipinski definition) is 0. The Kier molecular flexibility index (Phi) is 2.49. The minimum atomic E-state index is 0. The monoisotopic (exact) mass is 177 g/mol. The molecule has 2 N–H and O–H groups in total. The summed E-state index contributed by atoms with van der Waals surface area (Å²) in [5.74, 6) is 0. The van der Waals surface area contributed by atoms with E-state index in [1.165, 1.54) is 0 Å². The van der Waals surface area contributed by atoms with E-state index in [1.807, 2.05) is 42.1 Å². The molecular formula is C10H11NO2. The van der Waals surface area contributed by atoms with Crippen LogP contribution in [0.3, 0.4) is 0 Å². The second-order valence-electron chi connectivity index (χ2n) is 2.83. The van der Waals surface area contributed by atoms with Crippen LogP contribution < -0.4 is 0 Å². The first-order valence-electron chi connectivity index (χ1n) is 3.82. The molecule has 3 heteroatoms. The van der Waals surface area contributed by atoms with Gasteiger partial charge in [-0.15, -0.1) is 0 Å². The molecule has 0 saturated carbocycles. The number of carbonyl (C=O) groups excluding carboxylic acids is 1. The molecule has 0 amide bonds. The van der Waals surface area contributed by atoms with Crippen molar-refractivity contribution in [1.82, 2.24) is 4.57 Å². The van der Waals surface area contributed by atoms with Crippen molar-refractivity contribution in [2.24, 2.45) is 7.05 Å². The summed E-state index contributed by atoms with van der Waals surface area (Å²) in [6.45, 7) is 0. The summed E-state index contributed by atoms with van der Waals surface area (Å²) < 4.78 is 1.96. The molecule has 0 aliphatic heterocycles. The Hall–Kier alpha value is -1.61. The Morgan fingerprint density at radius 3 is 2.69 bits per heavy atom. The van der Waals surface area contributed by atoms with Crippen molar-refractivity contribution >= 4 is 17.2 Å². The lowest BCUT2D eigenvalue weighted by Crippen LogP contribution is -1.81. The molecule has 0 saturated heterocycles. The molecule has 0 bridgehead atoms. The van der Waals surface area contributed by atoms with Gasteiger partial charge in [-0.25, -0.2) is 0 Å². The minimum absolute atomic E-state index is 0. The van der Waals surface area contributed by atoms with Crippen LogP contribution in [0, 0.1) is 0 Å². The summed E-state index contributed by atoms with van der Waals surface area (Å²) in [5, 5.41) is 1.02. The molecule has 1 aromatic carbocycles. The first-order valence-corrected chi connectivity index (χ1v) is 3.82. The third kappa shape index (κ3) is 1.34. The van der Waals surface area contributed by atoms with E-state index in [0.29, 0.717) is 0 Å². The first kappa shape index (κ1) is 9.48. The number of hydrogen-bond acceptors (Lipinski definition) is 1. The lowest BCUT2D eigenvalue weighted by molar-refractivity contribution is 0.112. The van der Waals surface area contributed by atoms with Gasteiger partial charge in [-0.2, -0.15) is 0 Å². The zero-order valence-corrected chi connectivity index (χ0v) is 7.32. The molecule has 1 heterocycles. The number of para-hydroxylation sites is 1. The molecule has 0 spiro atoms. The smallest absolute Gasteiger partial charge is 0.152 e. The predicted octanol–water partition coefficient (Wildman–Crippen LogP) is 1.17. The Bertz CT molecular complexity index is 431. The SMILES string of the molecule is Cn1cc(C=O)c2ccccc21.O. The third-order valence-electron chi connectivity index (χ3n) is 2.05. The van der Waals surface area contributed by atoms with Crippen molar-refractivity contribution in [2.75, 3.05) is 0 Å². The fourth-order valence-electron chi connectivity index (χ4n) is 1.47. The Morgan fingerprint density at radius 2 is 2.00 bits per heavy atom. The van der Waals surface area contributed by atoms with Crippen LogP contribution in [0.1, 0.15) is 10.4 Å². The highest BCUT2D eigenvalue weighted by Crippen LogP contribution is 2.17. The van der Waals surface area contributed by atoms with E-state index in [4.69, 9.17) is 0 Å². The molecule has 0 radical (unpaired) electrons. The number of carbonyl (C=O) groups is 1. The van der Waals surface area contributed by atoms with Crippen LogP contribution in [-0.4, -0.2) is 16.3 Å². The topological polar surface area (TPSA) is 53.5 Å². The molecule has 0 aliphatic rings. The molecule has 68 valence electrons. The van der Waals surface area contributed by atoms with Crippen LogP contribution in [0.25, 0.3) is 10.9 Å². The Balaban J connectivity index is 0.000000845. The van der Waals surface area contributed by atoms with Gasteiger partial charge < -0.3 is 10.0 Å². The summed E-state index contributed by atoms with van der Waals surface area (Å²) in [6, 6.07) is 7.87. The van der Waals surface area contributed by atoms with Crippen LogP contribution in [-0.2, 0) is 7.05 Å². The van der Waals surface area contributed by atoms with Crippen LogP contribution in [0.4, 0.5) is 0 Å². The van der Waals surface area contributed by atoms with Gasteiger partial charge in [0.05, 0.1) is 0 Å². The highest BCUT2D eigenvalue weighted by atomic mass is 16.1.